The average molecular weight is 459 g/mol. The Balaban J connectivity index is 2.08. The van der Waals surface area contributed by atoms with E-state index in [-0.39, 0.29) is 17.0 Å². The first-order chi connectivity index (χ1) is 15.3. The molecule has 11 nitrogen and oxygen atoms in total. The highest BCUT2D eigenvalue weighted by Gasteiger charge is 2.68. The molecule has 6 atom stereocenters. The highest BCUT2D eigenvalue weighted by atomic mass is 16.4. The molecule has 1 fully saturated rings. The molecule has 0 heterocycles. The van der Waals surface area contributed by atoms with Gasteiger partial charge in [0, 0.05) is 17.2 Å². The Morgan fingerprint density at radius 1 is 1.15 bits per heavy atom. The van der Waals surface area contributed by atoms with Crippen molar-refractivity contribution in [1.29, 1.82) is 0 Å². The molecular weight excluding hydrogens is 434 g/mol. The van der Waals surface area contributed by atoms with E-state index in [4.69, 9.17) is 11.5 Å². The third kappa shape index (κ3) is 2.63. The molecule has 1 aromatic carbocycles. The summed E-state index contributed by atoms with van der Waals surface area (Å²) in [6, 6.07) is 1.24. The van der Waals surface area contributed by atoms with Crippen LogP contribution in [0.4, 0.5) is 5.69 Å². The predicted molar refractivity (Wildman–Crippen MR) is 115 cm³/mol. The standard InChI is InChI=1S/C22H25N3O8/c1-6-9-7(23)4-5-8(26)11(9)16(27)12-10(6)17(28)14-15(25(2)3)18(29)13(21(24)32)20(31)22(14,33)19(12)30/h4-6,10,14-15,17,26-28,31,33H,23H2,1-3H3,(H2,24,32)/t6-,10+,14+,15-,17-,22-/m0/s1. The van der Waals surface area contributed by atoms with Crippen molar-refractivity contribution < 1.29 is 39.9 Å². The molecule has 0 aromatic heterocycles. The fraction of sp³-hybridized carbons (Fsp3) is 0.409. The second-order valence-electron chi connectivity index (χ2n) is 9.01. The van der Waals surface area contributed by atoms with Crippen molar-refractivity contribution in [3.05, 3.63) is 40.2 Å². The monoisotopic (exact) mass is 459 g/mol. The Morgan fingerprint density at radius 3 is 2.30 bits per heavy atom. The van der Waals surface area contributed by atoms with Gasteiger partial charge in [0.2, 0.25) is 5.78 Å². The third-order valence-electron chi connectivity index (χ3n) is 7.14. The molecule has 0 saturated heterocycles. The number of likely N-dealkylation sites (N-methyl/N-ethyl adjacent to an activating group) is 1. The molecule has 4 rings (SSSR count). The highest BCUT2D eigenvalue weighted by Crippen LogP contribution is 2.56. The molecule has 0 spiro atoms. The second-order valence-corrected chi connectivity index (χ2v) is 9.01. The van der Waals surface area contributed by atoms with E-state index in [1.54, 1.807) is 6.92 Å². The number of amides is 1. The van der Waals surface area contributed by atoms with Crippen molar-refractivity contribution in [1.82, 2.24) is 4.90 Å². The van der Waals surface area contributed by atoms with Crippen LogP contribution in [0.1, 0.15) is 24.0 Å². The van der Waals surface area contributed by atoms with Crippen LogP contribution in [0.3, 0.4) is 0 Å². The first kappa shape index (κ1) is 22.8. The van der Waals surface area contributed by atoms with Crippen LogP contribution in [0.25, 0.3) is 5.76 Å². The quantitative estimate of drug-likeness (QED) is 0.164. The summed E-state index contributed by atoms with van der Waals surface area (Å²) >= 11 is 0. The number of benzene rings is 1. The number of ketones is 2. The number of primary amides is 1. The molecule has 1 saturated carbocycles. The Morgan fingerprint density at radius 2 is 1.76 bits per heavy atom. The summed E-state index contributed by atoms with van der Waals surface area (Å²) in [5.74, 6) is -9.37. The molecule has 9 N–H and O–H groups in total. The largest absolute Gasteiger partial charge is 0.508 e. The topological polar surface area (TPSA) is 208 Å². The van der Waals surface area contributed by atoms with E-state index >= 15 is 0 Å². The number of anilines is 1. The average Bonchev–Trinajstić information content (AvgIpc) is 2.72. The SMILES string of the molecule is C[C@H]1c2c(N)ccc(O)c2C(O)=C2C(=O)[C@]3(O)C(O)=C(C(N)=O)C(=O)[C@@H](N(C)C)[C@@H]3[C@@H](O)[C@@H]21. The lowest BCUT2D eigenvalue weighted by Crippen LogP contribution is -2.70. The Bertz CT molecular complexity index is 1190. The maximum absolute atomic E-state index is 13.7. The van der Waals surface area contributed by atoms with Gasteiger partial charge in [-0.2, -0.15) is 0 Å². The summed E-state index contributed by atoms with van der Waals surface area (Å²) < 4.78 is 0. The van der Waals surface area contributed by atoms with Crippen molar-refractivity contribution in [2.24, 2.45) is 17.6 Å². The van der Waals surface area contributed by atoms with Crippen molar-refractivity contribution in [2.45, 2.75) is 30.6 Å². The van der Waals surface area contributed by atoms with E-state index in [9.17, 15) is 39.9 Å². The van der Waals surface area contributed by atoms with E-state index in [2.05, 4.69) is 0 Å². The first-order valence-electron chi connectivity index (χ1n) is 10.2. The van der Waals surface area contributed by atoms with Crippen LogP contribution in [0.2, 0.25) is 0 Å². The summed E-state index contributed by atoms with van der Waals surface area (Å²) in [5, 5.41) is 55.1. The lowest BCUT2D eigenvalue weighted by molar-refractivity contribution is -0.169. The van der Waals surface area contributed by atoms with Gasteiger partial charge < -0.3 is 37.0 Å². The number of hydrogen-bond acceptors (Lipinski definition) is 10. The molecule has 33 heavy (non-hydrogen) atoms. The van der Waals surface area contributed by atoms with Crippen LogP contribution in [-0.2, 0) is 14.4 Å². The van der Waals surface area contributed by atoms with Gasteiger partial charge in [-0.25, -0.2) is 0 Å². The van der Waals surface area contributed by atoms with Gasteiger partial charge in [0.15, 0.2) is 11.4 Å². The lowest BCUT2D eigenvalue weighted by Gasteiger charge is -2.53. The van der Waals surface area contributed by atoms with E-state index in [1.807, 2.05) is 0 Å². The summed E-state index contributed by atoms with van der Waals surface area (Å²) in [5.41, 5.74) is 7.35. The number of aliphatic hydroxyl groups is 4. The van der Waals surface area contributed by atoms with E-state index < -0.39 is 75.6 Å². The van der Waals surface area contributed by atoms with Crippen molar-refractivity contribution in [3.8, 4) is 5.75 Å². The van der Waals surface area contributed by atoms with Crippen LogP contribution >= 0.6 is 0 Å². The Hall–Kier alpha value is -3.41. The third-order valence-corrected chi connectivity index (χ3v) is 7.14. The zero-order valence-corrected chi connectivity index (χ0v) is 18.1. The van der Waals surface area contributed by atoms with Gasteiger partial charge in [0.25, 0.3) is 5.91 Å². The molecule has 176 valence electrons. The molecule has 11 heteroatoms. The summed E-state index contributed by atoms with van der Waals surface area (Å²) in [7, 11) is 2.89. The normalized spacial score (nSPS) is 33.7. The van der Waals surface area contributed by atoms with Gasteiger partial charge in [-0.15, -0.1) is 0 Å². The van der Waals surface area contributed by atoms with Gasteiger partial charge >= 0.3 is 0 Å². The molecule has 1 amide bonds. The minimum atomic E-state index is -2.93. The number of phenols is 1. The number of aliphatic hydroxyl groups excluding tert-OH is 3. The molecule has 0 unspecified atom stereocenters. The zero-order valence-electron chi connectivity index (χ0n) is 18.1. The van der Waals surface area contributed by atoms with Gasteiger partial charge in [-0.3, -0.25) is 19.3 Å². The van der Waals surface area contributed by atoms with Gasteiger partial charge in [0.1, 0.15) is 22.8 Å². The van der Waals surface area contributed by atoms with Gasteiger partial charge in [-0.05, 0) is 37.7 Å². The fourth-order valence-electron chi connectivity index (χ4n) is 5.73. The molecule has 1 aromatic rings. The van der Waals surface area contributed by atoms with Crippen LogP contribution in [0.15, 0.2) is 29.0 Å². The number of aromatic hydroxyl groups is 1. The first-order valence-corrected chi connectivity index (χ1v) is 10.2. The zero-order chi connectivity index (χ0) is 24.7. The van der Waals surface area contributed by atoms with Gasteiger partial charge in [-0.1, -0.05) is 6.92 Å². The van der Waals surface area contributed by atoms with E-state index in [1.165, 1.54) is 31.1 Å². The molecular formula is C22H25N3O8. The maximum Gasteiger partial charge on any atom is 0.255 e. The van der Waals surface area contributed by atoms with Crippen molar-refractivity contribution >= 4 is 28.9 Å². The number of fused-ring (bicyclic) bond motifs is 3. The summed E-state index contributed by atoms with van der Waals surface area (Å²) in [6.07, 6.45) is -1.65. The number of Topliss-reactive ketones (excluding diaryl/α,β-unsaturated/α-hetero) is 2. The number of hydrogen-bond donors (Lipinski definition) is 7. The summed E-state index contributed by atoms with van der Waals surface area (Å²) in [6.45, 7) is 1.62. The van der Waals surface area contributed by atoms with Crippen LogP contribution in [0, 0.1) is 11.8 Å². The van der Waals surface area contributed by atoms with Gasteiger partial charge in [0.05, 0.1) is 23.6 Å². The second kappa shape index (κ2) is 7.04. The smallest absolute Gasteiger partial charge is 0.255 e. The molecule has 0 bridgehead atoms. The highest BCUT2D eigenvalue weighted by molar-refractivity contribution is 6.24. The molecule has 0 radical (unpaired) electrons. The number of nitrogens with zero attached hydrogens (tertiary/aromatic N) is 1. The number of nitrogen functional groups attached to an aromatic ring is 1. The minimum absolute atomic E-state index is 0.133. The van der Waals surface area contributed by atoms with Crippen LogP contribution < -0.4 is 11.5 Å². The van der Waals surface area contributed by atoms with E-state index in [0.717, 1.165) is 0 Å². The number of phenolic OH excluding ortho intramolecular Hbond substituents is 1. The number of carbonyl (C=O) groups excluding carboxylic acids is 3. The molecule has 3 aliphatic carbocycles. The number of nitrogens with two attached hydrogens (primary N) is 2. The predicted octanol–water partition coefficient (Wildman–Crippen LogP) is -0.922. The molecule has 3 aliphatic rings. The Kier molecular flexibility index (Phi) is 4.86. The number of carbonyl (C=O) groups is 3. The Labute approximate surface area is 188 Å². The van der Waals surface area contributed by atoms with E-state index in [0.29, 0.717) is 5.56 Å². The molecule has 0 aliphatic heterocycles. The fourth-order valence-corrected chi connectivity index (χ4v) is 5.73. The van der Waals surface area contributed by atoms with Crippen LogP contribution in [0.5, 0.6) is 5.75 Å². The minimum Gasteiger partial charge on any atom is -0.508 e. The van der Waals surface area contributed by atoms with Crippen molar-refractivity contribution in [2.75, 3.05) is 19.8 Å². The van der Waals surface area contributed by atoms with Crippen LogP contribution in [-0.4, -0.2) is 79.7 Å². The summed E-state index contributed by atoms with van der Waals surface area (Å²) in [4.78, 5) is 40.0. The number of rotatable bonds is 2. The maximum atomic E-state index is 13.7. The van der Waals surface area contributed by atoms with Crippen molar-refractivity contribution in [3.63, 3.8) is 0 Å². The lowest BCUT2D eigenvalue weighted by atomic mass is 9.54.